The minimum atomic E-state index is -0.743. The van der Waals surface area contributed by atoms with Crippen LogP contribution < -0.4 is 11.1 Å². The minimum absolute atomic E-state index is 0.00347. The summed E-state index contributed by atoms with van der Waals surface area (Å²) >= 11 is 0. The van der Waals surface area contributed by atoms with Crippen molar-refractivity contribution in [3.63, 3.8) is 0 Å². The van der Waals surface area contributed by atoms with Gasteiger partial charge >= 0.3 is 5.97 Å². The quantitative estimate of drug-likeness (QED) is 0.283. The number of amides is 3. The van der Waals surface area contributed by atoms with Gasteiger partial charge < -0.3 is 26.2 Å². The Morgan fingerprint density at radius 3 is 2.28 bits per heavy atom. The average molecular weight is 509 g/mol. The van der Waals surface area contributed by atoms with Crippen LogP contribution >= 0.6 is 0 Å². The van der Waals surface area contributed by atoms with Crippen LogP contribution in [0.1, 0.15) is 64.7 Å². The molecule has 0 radical (unpaired) electrons. The third-order valence-corrected chi connectivity index (χ3v) is 7.96. The molecule has 0 spiro atoms. The first-order valence-electron chi connectivity index (χ1n) is 13.1. The minimum Gasteiger partial charge on any atom is -0.481 e. The number of nitrogens with one attached hydrogen (secondary N) is 1. The summed E-state index contributed by atoms with van der Waals surface area (Å²) in [7, 11) is 3.67. The van der Waals surface area contributed by atoms with Crippen molar-refractivity contribution < 1.29 is 29.4 Å². The summed E-state index contributed by atoms with van der Waals surface area (Å²) in [6.45, 7) is 2.62. The van der Waals surface area contributed by atoms with E-state index in [1.54, 1.807) is 11.1 Å². The number of carboxylic acids is 1. The number of nitrogens with two attached hydrogens (primary N) is 1. The second kappa shape index (κ2) is 14.3. The topological polar surface area (TPSA) is 153 Å². The molecule has 10 heteroatoms. The van der Waals surface area contributed by atoms with Crippen LogP contribution in [0.25, 0.3) is 0 Å². The molecule has 2 saturated carbocycles. The average Bonchev–Trinajstić information content (AvgIpc) is 2.82. The highest BCUT2D eigenvalue weighted by Gasteiger charge is 2.43. The highest BCUT2D eigenvalue weighted by atomic mass is 16.4. The molecule has 10 nitrogen and oxygen atoms in total. The van der Waals surface area contributed by atoms with Crippen molar-refractivity contribution in [3.05, 3.63) is 12.3 Å². The molecule has 0 aromatic carbocycles. The van der Waals surface area contributed by atoms with Crippen molar-refractivity contribution in [2.24, 2.45) is 29.4 Å². The molecule has 1 aliphatic heterocycles. The van der Waals surface area contributed by atoms with Crippen molar-refractivity contribution in [3.8, 4) is 0 Å². The van der Waals surface area contributed by atoms with Gasteiger partial charge in [-0.3, -0.25) is 24.1 Å². The van der Waals surface area contributed by atoms with Crippen LogP contribution in [0.5, 0.6) is 0 Å². The third kappa shape index (κ3) is 8.30. The maximum absolute atomic E-state index is 12.5. The summed E-state index contributed by atoms with van der Waals surface area (Å²) in [5, 5.41) is 21.4. The van der Waals surface area contributed by atoms with Gasteiger partial charge in [0.1, 0.15) is 0 Å². The van der Waals surface area contributed by atoms with Gasteiger partial charge in [0.2, 0.25) is 12.3 Å². The highest BCUT2D eigenvalue weighted by Crippen LogP contribution is 2.46. The Labute approximate surface area is 214 Å². The number of aliphatic hydroxyl groups excluding tert-OH is 1. The van der Waals surface area contributed by atoms with Crippen LogP contribution in [0.2, 0.25) is 0 Å². The molecule has 0 aromatic rings. The molecule has 0 bridgehead atoms. The number of fused-ring (bicyclic) bond motifs is 1. The molecular weight excluding hydrogens is 464 g/mol. The Balaban J connectivity index is 0.000000346. The van der Waals surface area contributed by atoms with Crippen molar-refractivity contribution in [1.29, 1.82) is 0 Å². The molecule has 3 amide bonds. The number of nitrogens with zero attached hydrogens (tertiary/aromatic N) is 2. The first kappa shape index (κ1) is 29.8. The van der Waals surface area contributed by atoms with Crippen LogP contribution in [0.3, 0.4) is 0 Å². The fraction of sp³-hybridized carbons (Fsp3) is 0.769. The summed E-state index contributed by atoms with van der Waals surface area (Å²) in [6, 6.07) is -0.0561. The molecule has 1 heterocycles. The van der Waals surface area contributed by atoms with E-state index in [0.29, 0.717) is 37.0 Å². The molecule has 7 atom stereocenters. The van der Waals surface area contributed by atoms with E-state index in [1.807, 2.05) is 21.0 Å². The molecule has 7 unspecified atom stereocenters. The van der Waals surface area contributed by atoms with Crippen LogP contribution in [0, 0.1) is 23.7 Å². The fourth-order valence-electron chi connectivity index (χ4n) is 6.24. The highest BCUT2D eigenvalue weighted by molar-refractivity contribution is 5.95. The number of aliphatic carboxylic acids is 1. The predicted molar refractivity (Wildman–Crippen MR) is 135 cm³/mol. The maximum Gasteiger partial charge on any atom is 0.303 e. The number of carbonyl (C=O) groups is 4. The molecule has 3 fully saturated rings. The van der Waals surface area contributed by atoms with E-state index in [1.165, 1.54) is 11.0 Å². The summed E-state index contributed by atoms with van der Waals surface area (Å²) in [6.07, 6.45) is 10.8. The van der Waals surface area contributed by atoms with Gasteiger partial charge in [0.05, 0.1) is 12.0 Å². The Bertz CT molecular complexity index is 778. The number of aliphatic hydroxyl groups is 1. The SMILES string of the molecule is CC1NCCC(O)C1C(N)=O.CN(C)/C=C\C(=O)N(C=O)C1CCCC2C(CCC(=O)O)CCCC21. The van der Waals surface area contributed by atoms with Gasteiger partial charge in [0.25, 0.3) is 5.91 Å². The number of rotatable bonds is 8. The monoisotopic (exact) mass is 508 g/mol. The summed E-state index contributed by atoms with van der Waals surface area (Å²) < 4.78 is 0. The van der Waals surface area contributed by atoms with Crippen LogP contribution in [0.15, 0.2) is 12.3 Å². The standard InChI is InChI=1S/C19H30N2O4.C7H14N2O2/c1-20(2)12-11-18(23)21(13-22)17-8-4-6-15-14(9-10-19(24)25)5-3-7-16(15)17;1-4-6(7(8)11)5(10)2-3-9-4/h11-17H,3-10H2,1-2H3,(H,24,25);4-6,9-10H,2-3H2,1H3,(H2,8,11)/b12-11-;. The number of imide groups is 1. The van der Waals surface area contributed by atoms with E-state index < -0.39 is 23.9 Å². The number of carboxylic acid groups (broad SMARTS) is 1. The Hall–Kier alpha value is -2.46. The Kier molecular flexibility index (Phi) is 11.8. The van der Waals surface area contributed by atoms with E-state index in [2.05, 4.69) is 5.32 Å². The number of carbonyl (C=O) groups excluding carboxylic acids is 3. The molecular formula is C26H44N4O6. The second-order valence-corrected chi connectivity index (χ2v) is 10.6. The fourth-order valence-corrected chi connectivity index (χ4v) is 6.24. The summed E-state index contributed by atoms with van der Waals surface area (Å²) in [4.78, 5) is 49.0. The number of primary amides is 1. The van der Waals surface area contributed by atoms with Crippen LogP contribution in [0.4, 0.5) is 0 Å². The number of hydrogen-bond donors (Lipinski definition) is 4. The zero-order valence-electron chi connectivity index (χ0n) is 21.8. The molecule has 3 rings (SSSR count). The zero-order chi connectivity index (χ0) is 26.8. The van der Waals surface area contributed by atoms with Crippen molar-refractivity contribution in [1.82, 2.24) is 15.1 Å². The Morgan fingerprint density at radius 2 is 1.72 bits per heavy atom. The first-order valence-corrected chi connectivity index (χ1v) is 13.1. The van der Waals surface area contributed by atoms with Gasteiger partial charge in [0, 0.05) is 44.9 Å². The molecule has 36 heavy (non-hydrogen) atoms. The van der Waals surface area contributed by atoms with Gasteiger partial charge in [-0.2, -0.15) is 0 Å². The normalized spacial score (nSPS) is 31.9. The van der Waals surface area contributed by atoms with Gasteiger partial charge in [-0.05, 0) is 63.3 Å². The van der Waals surface area contributed by atoms with E-state index in [0.717, 1.165) is 45.1 Å². The number of piperidine rings is 1. The third-order valence-electron chi connectivity index (χ3n) is 7.96. The largest absolute Gasteiger partial charge is 0.481 e. The smallest absolute Gasteiger partial charge is 0.303 e. The lowest BCUT2D eigenvalue weighted by molar-refractivity contribution is -0.141. The zero-order valence-corrected chi connectivity index (χ0v) is 21.8. The van der Waals surface area contributed by atoms with E-state index >= 15 is 0 Å². The van der Waals surface area contributed by atoms with E-state index in [4.69, 9.17) is 10.8 Å². The summed E-state index contributed by atoms with van der Waals surface area (Å²) in [5.41, 5.74) is 5.11. The lowest BCUT2D eigenvalue weighted by Gasteiger charge is -2.47. The molecule has 3 aliphatic rings. The maximum atomic E-state index is 12.5. The number of hydrogen-bond acceptors (Lipinski definition) is 7. The van der Waals surface area contributed by atoms with E-state index in [-0.39, 0.29) is 24.4 Å². The lowest BCUT2D eigenvalue weighted by Crippen LogP contribution is -2.52. The second-order valence-electron chi connectivity index (χ2n) is 10.6. The van der Waals surface area contributed by atoms with Crippen molar-refractivity contribution >= 4 is 24.2 Å². The Morgan fingerprint density at radius 1 is 1.06 bits per heavy atom. The molecule has 0 aromatic heterocycles. The van der Waals surface area contributed by atoms with Gasteiger partial charge in [-0.15, -0.1) is 0 Å². The van der Waals surface area contributed by atoms with E-state index in [9.17, 15) is 24.3 Å². The van der Waals surface area contributed by atoms with Gasteiger partial charge in [0.15, 0.2) is 0 Å². The molecule has 5 N–H and O–H groups in total. The predicted octanol–water partition coefficient (Wildman–Crippen LogP) is 1.33. The van der Waals surface area contributed by atoms with Crippen LogP contribution in [-0.2, 0) is 19.2 Å². The van der Waals surface area contributed by atoms with Crippen molar-refractivity contribution in [2.75, 3.05) is 20.6 Å². The molecule has 2 aliphatic carbocycles. The molecule has 204 valence electrons. The van der Waals surface area contributed by atoms with Crippen molar-refractivity contribution in [2.45, 2.75) is 82.9 Å². The van der Waals surface area contributed by atoms with Gasteiger partial charge in [-0.25, -0.2) is 0 Å². The van der Waals surface area contributed by atoms with Gasteiger partial charge in [-0.1, -0.05) is 19.3 Å². The molecule has 1 saturated heterocycles. The summed E-state index contributed by atoms with van der Waals surface area (Å²) in [5.74, 6) is -0.710. The van der Waals surface area contributed by atoms with Crippen LogP contribution in [-0.4, -0.2) is 83.0 Å². The lowest BCUT2D eigenvalue weighted by atomic mass is 9.62. The first-order chi connectivity index (χ1) is 17.1.